The Balaban J connectivity index is 1.83. The van der Waals surface area contributed by atoms with Crippen molar-refractivity contribution in [3.05, 3.63) is 97.4 Å². The number of amides is 1. The molecule has 1 amide bonds. The van der Waals surface area contributed by atoms with Crippen LogP contribution in [0.4, 0.5) is 0 Å². The molecule has 0 aliphatic rings. The van der Waals surface area contributed by atoms with Crippen molar-refractivity contribution < 1.29 is 14.3 Å². The number of halogens is 3. The molecule has 5 nitrogen and oxygen atoms in total. The van der Waals surface area contributed by atoms with Gasteiger partial charge in [-0.3, -0.25) is 4.79 Å². The molecule has 1 unspecified atom stereocenters. The minimum absolute atomic E-state index is 0.0243. The molecule has 3 rings (SSSR count). The first-order valence-corrected chi connectivity index (χ1v) is 12.4. The van der Waals surface area contributed by atoms with Gasteiger partial charge in [0.1, 0.15) is 18.2 Å². The quantitative estimate of drug-likeness (QED) is 0.212. The number of benzene rings is 3. The van der Waals surface area contributed by atoms with Crippen LogP contribution < -0.4 is 14.8 Å². The van der Waals surface area contributed by atoms with Gasteiger partial charge in [-0.1, -0.05) is 59.6 Å². The highest BCUT2D eigenvalue weighted by molar-refractivity contribution is 9.10. The number of carbonyl (C=O) groups excluding carboxylic acids is 1. The molecule has 3 aromatic rings. The Bertz CT molecular complexity index is 1270. The van der Waals surface area contributed by atoms with Crippen LogP contribution in [0, 0.1) is 11.3 Å². The van der Waals surface area contributed by atoms with Crippen LogP contribution in [0.15, 0.2) is 70.7 Å². The standard InChI is InChI=1S/C27H23BrCl2N2O3/c1-3-34-25-13-18(11-21(15-31)27(33)32-17(2)19-7-5-4-6-8-19)12-23(28)26(25)35-16-20-9-10-22(29)14-24(20)30/h4-14,17H,3,16H2,1-2H3,(H,32,33)/b21-11-. The fourth-order valence-corrected chi connectivity index (χ4v) is 4.31. The first kappa shape index (κ1) is 26.6. The van der Waals surface area contributed by atoms with Gasteiger partial charge >= 0.3 is 0 Å². The molecule has 0 bridgehead atoms. The van der Waals surface area contributed by atoms with Crippen LogP contribution in [0.25, 0.3) is 6.08 Å². The fraction of sp³-hybridized carbons (Fsp3) is 0.185. The molecule has 1 N–H and O–H groups in total. The molecule has 8 heteroatoms. The zero-order chi connectivity index (χ0) is 25.4. The summed E-state index contributed by atoms with van der Waals surface area (Å²) in [4.78, 5) is 12.7. The topological polar surface area (TPSA) is 71.3 Å². The van der Waals surface area contributed by atoms with Crippen LogP contribution in [-0.4, -0.2) is 12.5 Å². The number of rotatable bonds is 9. The summed E-state index contributed by atoms with van der Waals surface area (Å²) in [5, 5.41) is 13.5. The van der Waals surface area contributed by atoms with E-state index < -0.39 is 5.91 Å². The molecule has 0 heterocycles. The predicted octanol–water partition coefficient (Wildman–Crippen LogP) is 7.52. The van der Waals surface area contributed by atoms with Gasteiger partial charge in [0.2, 0.25) is 0 Å². The largest absolute Gasteiger partial charge is 0.490 e. The SMILES string of the molecule is CCOc1cc(/C=C(/C#N)C(=O)NC(C)c2ccccc2)cc(Br)c1OCc1ccc(Cl)cc1Cl. The molecule has 0 radical (unpaired) electrons. The van der Waals surface area contributed by atoms with Crippen molar-refractivity contribution in [2.75, 3.05) is 6.61 Å². The first-order valence-electron chi connectivity index (χ1n) is 10.8. The van der Waals surface area contributed by atoms with Crippen molar-refractivity contribution in [1.29, 1.82) is 5.26 Å². The lowest BCUT2D eigenvalue weighted by Crippen LogP contribution is -2.27. The summed E-state index contributed by atoms with van der Waals surface area (Å²) in [5.41, 5.74) is 2.30. The lowest BCUT2D eigenvalue weighted by molar-refractivity contribution is -0.117. The zero-order valence-electron chi connectivity index (χ0n) is 19.1. The molecule has 0 aliphatic carbocycles. The molecule has 35 heavy (non-hydrogen) atoms. The van der Waals surface area contributed by atoms with Gasteiger partial charge in [0.25, 0.3) is 5.91 Å². The van der Waals surface area contributed by atoms with Crippen molar-refractivity contribution in [1.82, 2.24) is 5.32 Å². The fourth-order valence-electron chi connectivity index (χ4n) is 3.28. The van der Waals surface area contributed by atoms with Gasteiger partial charge in [-0.05, 0) is 71.2 Å². The Morgan fingerprint density at radius 2 is 1.89 bits per heavy atom. The maximum absolute atomic E-state index is 12.7. The number of ether oxygens (including phenoxy) is 2. The van der Waals surface area contributed by atoms with Crippen molar-refractivity contribution >= 4 is 51.1 Å². The second kappa shape index (κ2) is 12.6. The molecular formula is C27H23BrCl2N2O3. The molecule has 3 aromatic carbocycles. The summed E-state index contributed by atoms with van der Waals surface area (Å²) in [7, 11) is 0. The summed E-state index contributed by atoms with van der Waals surface area (Å²) in [6, 6.07) is 19.9. The Hall–Kier alpha value is -2.98. The van der Waals surface area contributed by atoms with E-state index >= 15 is 0 Å². The number of nitrogens with zero attached hydrogens (tertiary/aromatic N) is 1. The zero-order valence-corrected chi connectivity index (χ0v) is 22.2. The average molecular weight is 574 g/mol. The van der Waals surface area contributed by atoms with Crippen LogP contribution in [0.1, 0.15) is 36.6 Å². The highest BCUT2D eigenvalue weighted by Gasteiger charge is 2.17. The van der Waals surface area contributed by atoms with Crippen LogP contribution in [-0.2, 0) is 11.4 Å². The van der Waals surface area contributed by atoms with Crippen LogP contribution in [0.5, 0.6) is 11.5 Å². The average Bonchev–Trinajstić information content (AvgIpc) is 2.83. The van der Waals surface area contributed by atoms with Crippen molar-refractivity contribution in [2.45, 2.75) is 26.5 Å². The highest BCUT2D eigenvalue weighted by Crippen LogP contribution is 2.38. The van der Waals surface area contributed by atoms with Gasteiger partial charge in [0, 0.05) is 15.6 Å². The summed E-state index contributed by atoms with van der Waals surface area (Å²) in [6.45, 7) is 4.32. The van der Waals surface area contributed by atoms with E-state index in [1.807, 2.05) is 50.2 Å². The third-order valence-electron chi connectivity index (χ3n) is 5.04. The molecule has 0 aliphatic heterocycles. The number of hydrogen-bond donors (Lipinski definition) is 1. The van der Waals surface area contributed by atoms with Gasteiger partial charge in [0.05, 0.1) is 17.1 Å². The maximum Gasteiger partial charge on any atom is 0.262 e. The maximum atomic E-state index is 12.7. The van der Waals surface area contributed by atoms with Crippen LogP contribution >= 0.6 is 39.1 Å². The van der Waals surface area contributed by atoms with Crippen molar-refractivity contribution in [3.8, 4) is 17.6 Å². The second-order valence-electron chi connectivity index (χ2n) is 7.56. The molecule has 0 fully saturated rings. The third kappa shape index (κ3) is 7.25. The van der Waals surface area contributed by atoms with Gasteiger partial charge in [-0.15, -0.1) is 0 Å². The van der Waals surface area contributed by atoms with Gasteiger partial charge in [0.15, 0.2) is 11.5 Å². The van der Waals surface area contributed by atoms with Gasteiger partial charge in [-0.2, -0.15) is 5.26 Å². The summed E-state index contributed by atoms with van der Waals surface area (Å²) < 4.78 is 12.4. The normalized spacial score (nSPS) is 11.9. The van der Waals surface area contributed by atoms with Crippen molar-refractivity contribution in [2.24, 2.45) is 0 Å². The molecule has 0 saturated heterocycles. The Kier molecular flexibility index (Phi) is 9.62. The van der Waals surface area contributed by atoms with Gasteiger partial charge < -0.3 is 14.8 Å². The molecule has 0 saturated carbocycles. The summed E-state index contributed by atoms with van der Waals surface area (Å²) >= 11 is 15.7. The lowest BCUT2D eigenvalue weighted by Gasteiger charge is -2.16. The van der Waals surface area contributed by atoms with Crippen LogP contribution in [0.3, 0.4) is 0 Å². The van der Waals surface area contributed by atoms with E-state index in [4.69, 9.17) is 32.7 Å². The number of nitriles is 1. The Morgan fingerprint density at radius 1 is 1.14 bits per heavy atom. The third-order valence-corrected chi connectivity index (χ3v) is 6.22. The molecule has 1 atom stereocenters. The number of carbonyl (C=O) groups is 1. The van der Waals surface area contributed by atoms with Crippen molar-refractivity contribution in [3.63, 3.8) is 0 Å². The van der Waals surface area contributed by atoms with E-state index in [-0.39, 0.29) is 18.2 Å². The van der Waals surface area contributed by atoms with Crippen LogP contribution in [0.2, 0.25) is 10.0 Å². The van der Waals surface area contributed by atoms with E-state index in [1.165, 1.54) is 6.08 Å². The second-order valence-corrected chi connectivity index (χ2v) is 9.26. The number of hydrogen-bond acceptors (Lipinski definition) is 4. The monoisotopic (exact) mass is 572 g/mol. The Labute approximate surface area is 223 Å². The molecule has 180 valence electrons. The lowest BCUT2D eigenvalue weighted by atomic mass is 10.1. The van der Waals surface area contributed by atoms with E-state index in [1.54, 1.807) is 30.3 Å². The molecule has 0 spiro atoms. The van der Waals surface area contributed by atoms with E-state index in [9.17, 15) is 10.1 Å². The smallest absolute Gasteiger partial charge is 0.262 e. The first-order chi connectivity index (χ1) is 16.8. The minimum atomic E-state index is -0.462. The van der Waals surface area contributed by atoms with E-state index in [2.05, 4.69) is 21.2 Å². The summed E-state index contributed by atoms with van der Waals surface area (Å²) in [6.07, 6.45) is 1.51. The molecule has 0 aromatic heterocycles. The highest BCUT2D eigenvalue weighted by atomic mass is 79.9. The number of nitrogens with one attached hydrogen (secondary N) is 1. The minimum Gasteiger partial charge on any atom is -0.490 e. The van der Waals surface area contributed by atoms with E-state index in [0.717, 1.165) is 11.1 Å². The predicted molar refractivity (Wildman–Crippen MR) is 143 cm³/mol. The van der Waals surface area contributed by atoms with Gasteiger partial charge in [-0.25, -0.2) is 0 Å². The molecular weight excluding hydrogens is 551 g/mol. The Morgan fingerprint density at radius 3 is 2.54 bits per heavy atom. The summed E-state index contributed by atoms with van der Waals surface area (Å²) in [5.74, 6) is 0.486. The van der Waals surface area contributed by atoms with E-state index in [0.29, 0.717) is 38.2 Å².